The lowest BCUT2D eigenvalue weighted by Crippen LogP contribution is -2.56. The number of ketones is 1. The van der Waals surface area contributed by atoms with Crippen LogP contribution in [-0.4, -0.2) is 69.1 Å². The fourth-order valence-corrected chi connectivity index (χ4v) is 9.68. The highest BCUT2D eigenvalue weighted by molar-refractivity contribution is 5.84. The monoisotopic (exact) mass is 444 g/mol. The minimum atomic E-state index is 0.244. The topological polar surface area (TPSA) is 32.8 Å². The Hall–Kier alpha value is -0.450. The largest absolute Gasteiger partial charge is 0.384 e. The number of carbonyl (C=O) groups is 1. The standard InChI is InChI=1S/C28H48N2O2/c1-20-9-12-28(19-32-4)21(17-20)5-6-22-23-7-8-25(27(23,2)11-10-24(22)28)26(31)18-30-15-13-29(3)14-16-30/h20-25H,5-19H2,1-4H3. The van der Waals surface area contributed by atoms with E-state index in [1.807, 2.05) is 7.11 Å². The van der Waals surface area contributed by atoms with Gasteiger partial charge in [0, 0.05) is 39.2 Å². The van der Waals surface area contributed by atoms with Gasteiger partial charge in [-0.15, -0.1) is 0 Å². The summed E-state index contributed by atoms with van der Waals surface area (Å²) in [5.41, 5.74) is 0.668. The van der Waals surface area contributed by atoms with Gasteiger partial charge in [0.1, 0.15) is 5.78 Å². The SMILES string of the molecule is COCC12CCC(C)CC1CCC1C3CCC(C(=O)CN4CCN(C)CC4)C3(C)CCC12. The van der Waals surface area contributed by atoms with Crippen molar-refractivity contribution in [1.29, 1.82) is 0 Å². The van der Waals surface area contributed by atoms with Crippen LogP contribution in [0, 0.1) is 46.3 Å². The van der Waals surface area contributed by atoms with Crippen LogP contribution in [0.4, 0.5) is 0 Å². The van der Waals surface area contributed by atoms with Crippen LogP contribution < -0.4 is 0 Å². The van der Waals surface area contributed by atoms with E-state index in [1.165, 1.54) is 51.4 Å². The van der Waals surface area contributed by atoms with E-state index in [0.29, 0.717) is 23.7 Å². The predicted molar refractivity (Wildman–Crippen MR) is 130 cm³/mol. The summed E-state index contributed by atoms with van der Waals surface area (Å²) in [6, 6.07) is 0. The second kappa shape index (κ2) is 8.96. The smallest absolute Gasteiger partial charge is 0.150 e. The Kier molecular flexibility index (Phi) is 6.53. The highest BCUT2D eigenvalue weighted by Crippen LogP contribution is 2.68. The van der Waals surface area contributed by atoms with Crippen LogP contribution in [-0.2, 0) is 9.53 Å². The summed E-state index contributed by atoms with van der Waals surface area (Å²) in [5, 5.41) is 0. The van der Waals surface area contributed by atoms with E-state index < -0.39 is 0 Å². The first-order valence-corrected chi connectivity index (χ1v) is 13.8. The number of methoxy groups -OCH3 is 1. The molecule has 182 valence electrons. The average molecular weight is 445 g/mol. The van der Waals surface area contributed by atoms with Crippen LogP contribution in [0.15, 0.2) is 0 Å². The first-order chi connectivity index (χ1) is 15.4. The zero-order chi connectivity index (χ0) is 22.5. The van der Waals surface area contributed by atoms with Gasteiger partial charge in [0.15, 0.2) is 0 Å². The summed E-state index contributed by atoms with van der Waals surface area (Å²) in [7, 11) is 4.13. The molecule has 0 bridgehead atoms. The molecular formula is C28H48N2O2. The molecule has 4 aliphatic carbocycles. The van der Waals surface area contributed by atoms with Gasteiger partial charge in [0.05, 0.1) is 13.2 Å². The summed E-state index contributed by atoms with van der Waals surface area (Å²) >= 11 is 0. The minimum absolute atomic E-state index is 0.244. The Bertz CT molecular complexity index is 689. The number of hydrogen-bond donors (Lipinski definition) is 0. The number of nitrogens with zero attached hydrogens (tertiary/aromatic N) is 2. The summed E-state index contributed by atoms with van der Waals surface area (Å²) in [5.74, 6) is 5.04. The molecular weight excluding hydrogens is 396 g/mol. The Morgan fingerprint density at radius 3 is 2.50 bits per heavy atom. The molecule has 0 amide bonds. The second-order valence-corrected chi connectivity index (χ2v) is 12.9. The molecule has 1 aliphatic heterocycles. The van der Waals surface area contributed by atoms with Gasteiger partial charge in [0.25, 0.3) is 0 Å². The Morgan fingerprint density at radius 2 is 1.75 bits per heavy atom. The zero-order valence-electron chi connectivity index (χ0n) is 21.3. The number of likely N-dealkylation sites (N-methyl/N-ethyl adjacent to an activating group) is 1. The van der Waals surface area contributed by atoms with Gasteiger partial charge in [-0.05, 0) is 98.8 Å². The summed E-state index contributed by atoms with van der Waals surface area (Å²) in [6.07, 6.45) is 12.0. The van der Waals surface area contributed by atoms with Crippen LogP contribution in [0.2, 0.25) is 0 Å². The highest BCUT2D eigenvalue weighted by atomic mass is 16.5. The fraction of sp³-hybridized carbons (Fsp3) is 0.964. The third kappa shape index (κ3) is 3.81. The van der Waals surface area contributed by atoms with Gasteiger partial charge >= 0.3 is 0 Å². The fourth-order valence-electron chi connectivity index (χ4n) is 9.68. The number of hydrogen-bond acceptors (Lipinski definition) is 4. The van der Waals surface area contributed by atoms with Gasteiger partial charge in [-0.2, -0.15) is 0 Å². The molecule has 0 radical (unpaired) electrons. The molecule has 32 heavy (non-hydrogen) atoms. The third-order valence-corrected chi connectivity index (χ3v) is 11.4. The number of carbonyl (C=O) groups excluding carboxylic acids is 1. The quantitative estimate of drug-likeness (QED) is 0.614. The molecule has 0 aromatic heterocycles. The number of piperazine rings is 1. The van der Waals surface area contributed by atoms with E-state index >= 15 is 0 Å². The van der Waals surface area contributed by atoms with E-state index in [0.717, 1.165) is 68.8 Å². The molecule has 4 nitrogen and oxygen atoms in total. The predicted octanol–water partition coefficient (Wildman–Crippen LogP) is 4.72. The summed E-state index contributed by atoms with van der Waals surface area (Å²) in [4.78, 5) is 18.4. The number of rotatable bonds is 5. The Balaban J connectivity index is 1.31. The van der Waals surface area contributed by atoms with Crippen molar-refractivity contribution < 1.29 is 9.53 Å². The van der Waals surface area contributed by atoms with Crippen molar-refractivity contribution in [3.63, 3.8) is 0 Å². The van der Waals surface area contributed by atoms with Crippen molar-refractivity contribution in [3.8, 4) is 0 Å². The van der Waals surface area contributed by atoms with Crippen molar-refractivity contribution >= 4 is 5.78 Å². The summed E-state index contributed by atoms with van der Waals surface area (Å²) in [6.45, 7) is 11.0. The molecule has 0 aromatic carbocycles. The number of fused-ring (bicyclic) bond motifs is 5. The minimum Gasteiger partial charge on any atom is -0.384 e. The van der Waals surface area contributed by atoms with Crippen molar-refractivity contribution in [2.75, 3.05) is 53.5 Å². The number of ether oxygens (including phenoxy) is 1. The van der Waals surface area contributed by atoms with Crippen LogP contribution in [0.25, 0.3) is 0 Å². The van der Waals surface area contributed by atoms with E-state index in [9.17, 15) is 4.79 Å². The number of Topliss-reactive ketones (excluding diaryl/α,β-unsaturated/α-hetero) is 1. The normalized spacial score (nSPS) is 47.5. The van der Waals surface area contributed by atoms with Crippen LogP contribution in [0.5, 0.6) is 0 Å². The molecule has 1 saturated heterocycles. The lowest BCUT2D eigenvalue weighted by Gasteiger charge is -2.62. The van der Waals surface area contributed by atoms with Crippen molar-refractivity contribution in [2.24, 2.45) is 46.3 Å². The van der Waals surface area contributed by atoms with Gasteiger partial charge in [-0.3, -0.25) is 9.69 Å². The third-order valence-electron chi connectivity index (χ3n) is 11.4. The average Bonchev–Trinajstić information content (AvgIpc) is 3.13. The first-order valence-electron chi connectivity index (χ1n) is 13.8. The van der Waals surface area contributed by atoms with Gasteiger partial charge < -0.3 is 9.64 Å². The van der Waals surface area contributed by atoms with Crippen molar-refractivity contribution in [2.45, 2.75) is 71.6 Å². The van der Waals surface area contributed by atoms with E-state index in [-0.39, 0.29) is 5.41 Å². The molecule has 4 heteroatoms. The molecule has 5 fully saturated rings. The molecule has 5 rings (SSSR count). The van der Waals surface area contributed by atoms with Gasteiger partial charge in [0.2, 0.25) is 0 Å². The molecule has 1 heterocycles. The van der Waals surface area contributed by atoms with Crippen LogP contribution in [0.3, 0.4) is 0 Å². The molecule has 5 aliphatic rings. The molecule has 0 N–H and O–H groups in total. The zero-order valence-corrected chi connectivity index (χ0v) is 21.3. The maximum Gasteiger partial charge on any atom is 0.150 e. The highest BCUT2D eigenvalue weighted by Gasteiger charge is 2.62. The molecule has 8 atom stereocenters. The van der Waals surface area contributed by atoms with Crippen LogP contribution >= 0.6 is 0 Å². The maximum absolute atomic E-state index is 13.6. The molecule has 8 unspecified atom stereocenters. The molecule has 0 aromatic rings. The van der Waals surface area contributed by atoms with Gasteiger partial charge in [-0.25, -0.2) is 0 Å². The summed E-state index contributed by atoms with van der Waals surface area (Å²) < 4.78 is 5.95. The van der Waals surface area contributed by atoms with Crippen LogP contribution in [0.1, 0.15) is 71.6 Å². The van der Waals surface area contributed by atoms with Gasteiger partial charge in [-0.1, -0.05) is 20.3 Å². The van der Waals surface area contributed by atoms with E-state index in [4.69, 9.17) is 4.74 Å². The molecule has 4 saturated carbocycles. The second-order valence-electron chi connectivity index (χ2n) is 12.9. The Morgan fingerprint density at radius 1 is 0.969 bits per heavy atom. The lowest BCUT2D eigenvalue weighted by atomic mass is 9.44. The van der Waals surface area contributed by atoms with E-state index in [2.05, 4.69) is 30.7 Å². The molecule has 0 spiro atoms. The lowest BCUT2D eigenvalue weighted by molar-refractivity contribution is -0.154. The Labute approximate surface area is 196 Å². The van der Waals surface area contributed by atoms with Crippen molar-refractivity contribution in [1.82, 2.24) is 9.80 Å². The maximum atomic E-state index is 13.6. The first kappa shape index (κ1) is 23.3. The van der Waals surface area contributed by atoms with E-state index in [1.54, 1.807) is 0 Å². The van der Waals surface area contributed by atoms with Crippen molar-refractivity contribution in [3.05, 3.63) is 0 Å².